The van der Waals surface area contributed by atoms with Crippen LogP contribution in [0.3, 0.4) is 0 Å². The Morgan fingerprint density at radius 1 is 1.11 bits per heavy atom. The number of benzene rings is 1. The molecule has 1 fully saturated rings. The van der Waals surface area contributed by atoms with Crippen LogP contribution in [0.1, 0.15) is 34.5 Å². The van der Waals surface area contributed by atoms with Gasteiger partial charge in [-0.3, -0.25) is 9.48 Å². The van der Waals surface area contributed by atoms with Crippen molar-refractivity contribution in [2.75, 3.05) is 0 Å². The zero-order chi connectivity index (χ0) is 25.9. The number of amides is 1. The van der Waals surface area contributed by atoms with E-state index in [9.17, 15) is 39.9 Å². The van der Waals surface area contributed by atoms with Crippen molar-refractivity contribution in [3.63, 3.8) is 0 Å². The summed E-state index contributed by atoms with van der Waals surface area (Å²) < 4.78 is 109. The van der Waals surface area contributed by atoms with Crippen LogP contribution in [0.2, 0.25) is 5.02 Å². The second kappa shape index (κ2) is 8.21. The molecule has 1 saturated carbocycles. The fourth-order valence-electron chi connectivity index (χ4n) is 3.37. The molecular formula is C20H14ClF8N5O. The standard InChI is InChI=1S/C20H14ClF8N5O/c1-33-15(14(19(24,25)26)16(32-33)18(22,23)20(27,28)29)13-7-34(8-30-13)10-4-5-12(21)11(6-10)17(35)31-9-2-3-9/h4-9H,2-3H2,1H3,(H,31,35). The number of nitrogens with zero attached hydrogens (tertiary/aromatic N) is 4. The molecule has 0 saturated heterocycles. The van der Waals surface area contributed by atoms with Gasteiger partial charge in [0.05, 0.1) is 16.9 Å². The molecule has 0 bridgehead atoms. The van der Waals surface area contributed by atoms with Gasteiger partial charge in [-0.1, -0.05) is 11.6 Å². The summed E-state index contributed by atoms with van der Waals surface area (Å²) in [5.41, 5.74) is -6.09. The van der Waals surface area contributed by atoms with Crippen molar-refractivity contribution in [1.29, 1.82) is 0 Å². The number of carbonyl (C=O) groups is 1. The molecule has 6 nitrogen and oxygen atoms in total. The minimum Gasteiger partial charge on any atom is -0.349 e. The first-order valence-corrected chi connectivity index (χ1v) is 10.2. The SMILES string of the molecule is Cn1nc(C(F)(F)C(F)(F)F)c(C(F)(F)F)c1-c1cn(-c2ccc(Cl)c(C(=O)NC3CC3)c2)cn1. The molecule has 0 spiro atoms. The van der Waals surface area contributed by atoms with Crippen LogP contribution in [0.5, 0.6) is 0 Å². The van der Waals surface area contributed by atoms with E-state index in [1.165, 1.54) is 18.2 Å². The number of aryl methyl sites for hydroxylation is 1. The van der Waals surface area contributed by atoms with Crippen LogP contribution in [0, 0.1) is 0 Å². The summed E-state index contributed by atoms with van der Waals surface area (Å²) >= 11 is 6.07. The summed E-state index contributed by atoms with van der Waals surface area (Å²) in [6, 6.07) is 4.14. The van der Waals surface area contributed by atoms with Crippen molar-refractivity contribution in [1.82, 2.24) is 24.6 Å². The molecule has 0 radical (unpaired) electrons. The lowest BCUT2D eigenvalue weighted by molar-refractivity contribution is -0.292. The summed E-state index contributed by atoms with van der Waals surface area (Å²) in [7, 11) is 0.794. The summed E-state index contributed by atoms with van der Waals surface area (Å²) in [4.78, 5) is 16.1. The maximum atomic E-state index is 13.9. The van der Waals surface area contributed by atoms with Gasteiger partial charge in [0.2, 0.25) is 0 Å². The van der Waals surface area contributed by atoms with Gasteiger partial charge in [0.25, 0.3) is 5.91 Å². The van der Waals surface area contributed by atoms with Crippen LogP contribution in [0.4, 0.5) is 35.1 Å². The zero-order valence-corrected chi connectivity index (χ0v) is 18.2. The number of hydrogen-bond donors (Lipinski definition) is 1. The van der Waals surface area contributed by atoms with Crippen LogP contribution in [0.15, 0.2) is 30.7 Å². The van der Waals surface area contributed by atoms with Gasteiger partial charge in [-0.15, -0.1) is 0 Å². The smallest absolute Gasteiger partial charge is 0.349 e. The summed E-state index contributed by atoms with van der Waals surface area (Å²) in [5, 5.41) is 5.71. The molecule has 35 heavy (non-hydrogen) atoms. The van der Waals surface area contributed by atoms with Crippen molar-refractivity contribution in [3.8, 4) is 17.1 Å². The molecule has 1 aromatic carbocycles. The van der Waals surface area contributed by atoms with Gasteiger partial charge < -0.3 is 9.88 Å². The third kappa shape index (κ3) is 4.58. The second-order valence-electron chi connectivity index (χ2n) is 7.84. The highest BCUT2D eigenvalue weighted by Gasteiger charge is 2.64. The second-order valence-corrected chi connectivity index (χ2v) is 8.25. The van der Waals surface area contributed by atoms with E-state index in [2.05, 4.69) is 15.4 Å². The number of rotatable bonds is 5. The Bertz CT molecular complexity index is 1290. The Kier molecular flexibility index (Phi) is 5.85. The van der Waals surface area contributed by atoms with Crippen LogP contribution in [0.25, 0.3) is 17.1 Å². The topological polar surface area (TPSA) is 64.7 Å². The van der Waals surface area contributed by atoms with Crippen LogP contribution in [-0.4, -0.2) is 37.5 Å². The number of imidazole rings is 1. The van der Waals surface area contributed by atoms with Crippen molar-refractivity contribution in [2.24, 2.45) is 7.05 Å². The number of hydrogen-bond acceptors (Lipinski definition) is 3. The normalized spacial score (nSPS) is 14.9. The van der Waals surface area contributed by atoms with E-state index in [1.54, 1.807) is 0 Å². The number of alkyl halides is 8. The van der Waals surface area contributed by atoms with E-state index in [0.717, 1.165) is 37.0 Å². The molecule has 1 amide bonds. The molecular weight excluding hydrogens is 514 g/mol. The van der Waals surface area contributed by atoms with E-state index in [-0.39, 0.29) is 27.0 Å². The van der Waals surface area contributed by atoms with Crippen LogP contribution in [-0.2, 0) is 19.1 Å². The number of carbonyl (C=O) groups excluding carboxylic acids is 1. The Morgan fingerprint density at radius 2 is 1.77 bits per heavy atom. The monoisotopic (exact) mass is 527 g/mol. The lowest BCUT2D eigenvalue weighted by Crippen LogP contribution is -2.36. The van der Waals surface area contributed by atoms with Gasteiger partial charge >= 0.3 is 18.3 Å². The lowest BCUT2D eigenvalue weighted by atomic mass is 10.1. The van der Waals surface area contributed by atoms with Gasteiger partial charge in [-0.05, 0) is 31.0 Å². The van der Waals surface area contributed by atoms with Crippen LogP contribution < -0.4 is 5.32 Å². The van der Waals surface area contributed by atoms with Gasteiger partial charge in [0.1, 0.15) is 17.0 Å². The number of halogens is 9. The van der Waals surface area contributed by atoms with Crippen LogP contribution >= 0.6 is 11.6 Å². The quantitative estimate of drug-likeness (QED) is 0.446. The molecule has 1 aliphatic rings. The lowest BCUT2D eigenvalue weighted by Gasteiger charge is -2.19. The predicted octanol–water partition coefficient (Wildman–Crippen LogP) is 5.49. The highest BCUT2D eigenvalue weighted by Crippen LogP contribution is 2.50. The minimum atomic E-state index is -6.31. The van der Waals surface area contributed by atoms with Crippen molar-refractivity contribution >= 4 is 17.5 Å². The first-order chi connectivity index (χ1) is 16.1. The van der Waals surface area contributed by atoms with E-state index in [1.807, 2.05) is 0 Å². The largest absolute Gasteiger partial charge is 0.459 e. The van der Waals surface area contributed by atoms with E-state index in [4.69, 9.17) is 11.6 Å². The highest BCUT2D eigenvalue weighted by atomic mass is 35.5. The highest BCUT2D eigenvalue weighted by molar-refractivity contribution is 6.33. The maximum absolute atomic E-state index is 13.9. The molecule has 188 valence electrons. The first kappa shape index (κ1) is 24.9. The first-order valence-electron chi connectivity index (χ1n) is 9.85. The fraction of sp³-hybridized carbons (Fsp3) is 0.350. The van der Waals surface area contributed by atoms with Crippen molar-refractivity contribution < 1.29 is 39.9 Å². The summed E-state index contributed by atoms with van der Waals surface area (Å²) in [6.07, 6.45) is -8.29. The zero-order valence-electron chi connectivity index (χ0n) is 17.5. The molecule has 0 atom stereocenters. The minimum absolute atomic E-state index is 0.0247. The van der Waals surface area contributed by atoms with Gasteiger partial charge in [0, 0.05) is 25.0 Å². The summed E-state index contributed by atoms with van der Waals surface area (Å²) in [6.45, 7) is 0. The number of aromatic nitrogens is 4. The molecule has 1 N–H and O–H groups in total. The van der Waals surface area contributed by atoms with Gasteiger partial charge in [0.15, 0.2) is 5.69 Å². The average Bonchev–Trinajstić information content (AvgIpc) is 3.27. The molecule has 3 aromatic rings. The molecule has 0 aliphatic heterocycles. The molecule has 15 heteroatoms. The van der Waals surface area contributed by atoms with Crippen molar-refractivity contribution in [2.45, 2.75) is 37.2 Å². The molecule has 4 rings (SSSR count). The molecule has 0 unspecified atom stereocenters. The molecule has 1 aliphatic carbocycles. The molecule has 2 heterocycles. The van der Waals surface area contributed by atoms with E-state index >= 15 is 0 Å². The maximum Gasteiger partial charge on any atom is 0.459 e. The summed E-state index contributed by atoms with van der Waals surface area (Å²) in [5.74, 6) is -6.33. The predicted molar refractivity (Wildman–Crippen MR) is 106 cm³/mol. The van der Waals surface area contributed by atoms with Gasteiger partial charge in [-0.2, -0.15) is 40.2 Å². The number of nitrogens with one attached hydrogen (secondary N) is 1. The Hall–Kier alpha value is -3.16. The van der Waals surface area contributed by atoms with E-state index < -0.39 is 46.8 Å². The van der Waals surface area contributed by atoms with E-state index in [0.29, 0.717) is 0 Å². The third-order valence-electron chi connectivity index (χ3n) is 5.21. The third-order valence-corrected chi connectivity index (χ3v) is 5.54. The van der Waals surface area contributed by atoms with Crippen molar-refractivity contribution in [3.05, 3.63) is 52.6 Å². The Balaban J connectivity index is 1.79. The fourth-order valence-corrected chi connectivity index (χ4v) is 3.57. The molecule has 2 aromatic heterocycles. The average molecular weight is 528 g/mol. The van der Waals surface area contributed by atoms with Gasteiger partial charge in [-0.25, -0.2) is 4.98 Å². The Labute approximate surface area is 196 Å². The Morgan fingerprint density at radius 3 is 2.34 bits per heavy atom.